The van der Waals surface area contributed by atoms with Gasteiger partial charge >= 0.3 is 0 Å². The molecule has 0 aliphatic heterocycles. The second-order valence-electron chi connectivity index (χ2n) is 7.79. The highest BCUT2D eigenvalue weighted by molar-refractivity contribution is 6.30. The van der Waals surface area contributed by atoms with Gasteiger partial charge in [-0.2, -0.15) is 0 Å². The van der Waals surface area contributed by atoms with E-state index in [0.29, 0.717) is 23.8 Å². The standard InChI is InChI=1S/C22H24ClN3O/c1-15-4-10-18-19(14-15)26(22(2)12-3-13-22)21(24-18)25-20(27)11-7-16-5-8-17(23)9-6-16/h4-6,8-10,14H,3,7,11-13H2,1-2H3,(H,24,25,27). The maximum atomic E-state index is 12.6. The Kier molecular flexibility index (Phi) is 4.68. The lowest BCUT2D eigenvalue weighted by Crippen LogP contribution is -2.38. The molecule has 0 bridgehead atoms. The van der Waals surface area contributed by atoms with Crippen LogP contribution in [0.2, 0.25) is 5.02 Å². The lowest BCUT2D eigenvalue weighted by molar-refractivity contribution is -0.116. The molecular formula is C22H24ClN3O. The Morgan fingerprint density at radius 3 is 2.63 bits per heavy atom. The van der Waals surface area contributed by atoms with Crippen molar-refractivity contribution in [2.24, 2.45) is 0 Å². The van der Waals surface area contributed by atoms with Crippen molar-refractivity contribution < 1.29 is 4.79 Å². The number of nitrogens with zero attached hydrogens (tertiary/aromatic N) is 2. The monoisotopic (exact) mass is 381 g/mol. The van der Waals surface area contributed by atoms with Crippen molar-refractivity contribution in [1.29, 1.82) is 0 Å². The molecule has 3 aromatic rings. The normalized spacial score (nSPS) is 15.5. The third-order valence-corrected chi connectivity index (χ3v) is 5.84. The van der Waals surface area contributed by atoms with Gasteiger partial charge in [-0.3, -0.25) is 10.1 Å². The van der Waals surface area contributed by atoms with E-state index in [1.54, 1.807) is 0 Å². The fourth-order valence-electron chi connectivity index (χ4n) is 3.82. The highest BCUT2D eigenvalue weighted by Crippen LogP contribution is 2.43. The number of aryl methyl sites for hydroxylation is 2. The minimum absolute atomic E-state index is 0.0128. The molecule has 1 fully saturated rings. The molecule has 0 unspecified atom stereocenters. The molecule has 4 nitrogen and oxygen atoms in total. The quantitative estimate of drug-likeness (QED) is 0.637. The summed E-state index contributed by atoms with van der Waals surface area (Å²) in [6.45, 7) is 4.34. The van der Waals surface area contributed by atoms with E-state index < -0.39 is 0 Å². The van der Waals surface area contributed by atoms with Crippen LogP contribution in [-0.2, 0) is 16.8 Å². The summed E-state index contributed by atoms with van der Waals surface area (Å²) in [5.41, 5.74) is 4.37. The van der Waals surface area contributed by atoms with Crippen LogP contribution in [-0.4, -0.2) is 15.5 Å². The number of fused-ring (bicyclic) bond motifs is 1. The molecule has 0 saturated heterocycles. The maximum absolute atomic E-state index is 12.6. The number of benzene rings is 2. The summed E-state index contributed by atoms with van der Waals surface area (Å²) in [4.78, 5) is 17.3. The summed E-state index contributed by atoms with van der Waals surface area (Å²) in [7, 11) is 0. The van der Waals surface area contributed by atoms with Crippen LogP contribution in [0, 0.1) is 6.92 Å². The number of anilines is 1. The molecule has 0 spiro atoms. The van der Waals surface area contributed by atoms with E-state index in [2.05, 4.69) is 35.9 Å². The van der Waals surface area contributed by atoms with Crippen LogP contribution in [0.3, 0.4) is 0 Å². The summed E-state index contributed by atoms with van der Waals surface area (Å²) >= 11 is 5.92. The summed E-state index contributed by atoms with van der Waals surface area (Å²) in [5, 5.41) is 3.77. The topological polar surface area (TPSA) is 46.9 Å². The van der Waals surface area contributed by atoms with Gasteiger partial charge < -0.3 is 4.57 Å². The second-order valence-corrected chi connectivity index (χ2v) is 8.22. The minimum Gasteiger partial charge on any atom is -0.304 e. The van der Waals surface area contributed by atoms with Gasteiger partial charge in [0.1, 0.15) is 0 Å². The zero-order chi connectivity index (χ0) is 19.0. The molecule has 1 aromatic heterocycles. The van der Waals surface area contributed by atoms with Crippen molar-refractivity contribution in [3.05, 3.63) is 58.6 Å². The van der Waals surface area contributed by atoms with E-state index in [0.717, 1.165) is 29.4 Å². The van der Waals surface area contributed by atoms with Gasteiger partial charge in [-0.15, -0.1) is 0 Å². The van der Waals surface area contributed by atoms with Gasteiger partial charge in [0.25, 0.3) is 0 Å². The van der Waals surface area contributed by atoms with E-state index in [1.807, 2.05) is 30.3 Å². The van der Waals surface area contributed by atoms with Gasteiger partial charge in [0.2, 0.25) is 11.9 Å². The van der Waals surface area contributed by atoms with Gasteiger partial charge in [0.15, 0.2) is 0 Å². The molecule has 27 heavy (non-hydrogen) atoms. The Bertz CT molecular complexity index is 987. The zero-order valence-electron chi connectivity index (χ0n) is 15.8. The van der Waals surface area contributed by atoms with Crippen LogP contribution in [0.5, 0.6) is 0 Å². The Labute approximate surface area is 164 Å². The van der Waals surface area contributed by atoms with Gasteiger partial charge in [0.05, 0.1) is 11.0 Å². The van der Waals surface area contributed by atoms with Crippen molar-refractivity contribution in [2.75, 3.05) is 5.32 Å². The van der Waals surface area contributed by atoms with Gasteiger partial charge in [-0.1, -0.05) is 29.8 Å². The maximum Gasteiger partial charge on any atom is 0.227 e. The molecule has 2 aromatic carbocycles. The van der Waals surface area contributed by atoms with Crippen LogP contribution < -0.4 is 5.32 Å². The van der Waals surface area contributed by atoms with Crippen molar-refractivity contribution in [2.45, 2.75) is 51.5 Å². The number of rotatable bonds is 5. The molecule has 0 radical (unpaired) electrons. The first-order valence-electron chi connectivity index (χ1n) is 9.48. The summed E-state index contributed by atoms with van der Waals surface area (Å²) in [5.74, 6) is 0.653. The zero-order valence-corrected chi connectivity index (χ0v) is 16.5. The summed E-state index contributed by atoms with van der Waals surface area (Å²) in [6.07, 6.45) is 4.53. The first-order chi connectivity index (χ1) is 12.9. The highest BCUT2D eigenvalue weighted by atomic mass is 35.5. The van der Waals surface area contributed by atoms with Gasteiger partial charge in [-0.25, -0.2) is 4.98 Å². The SMILES string of the molecule is Cc1ccc2nc(NC(=O)CCc3ccc(Cl)cc3)n(C3(C)CCC3)c2c1. The Morgan fingerprint density at radius 2 is 1.96 bits per heavy atom. The minimum atomic E-state index is -0.0128. The third kappa shape index (κ3) is 3.59. The summed E-state index contributed by atoms with van der Waals surface area (Å²) in [6, 6.07) is 13.9. The Balaban J connectivity index is 1.56. The molecule has 4 rings (SSSR count). The molecule has 1 aliphatic rings. The van der Waals surface area contributed by atoms with E-state index in [4.69, 9.17) is 16.6 Å². The lowest BCUT2D eigenvalue weighted by Gasteiger charge is -2.41. The van der Waals surface area contributed by atoms with E-state index in [1.165, 1.54) is 12.0 Å². The number of nitrogens with one attached hydrogen (secondary N) is 1. The lowest BCUT2D eigenvalue weighted by atomic mass is 9.78. The number of aromatic nitrogens is 2. The predicted octanol–water partition coefficient (Wildman–Crippen LogP) is 5.47. The number of halogens is 1. The first-order valence-corrected chi connectivity index (χ1v) is 9.86. The van der Waals surface area contributed by atoms with Crippen LogP contribution in [0.25, 0.3) is 11.0 Å². The predicted molar refractivity (Wildman–Crippen MR) is 110 cm³/mol. The first kappa shape index (κ1) is 18.1. The number of amides is 1. The van der Waals surface area contributed by atoms with E-state index in [-0.39, 0.29) is 11.4 Å². The van der Waals surface area contributed by atoms with Crippen LogP contribution in [0.15, 0.2) is 42.5 Å². The average molecular weight is 382 g/mol. The van der Waals surface area contributed by atoms with E-state index >= 15 is 0 Å². The molecule has 1 amide bonds. The Hall–Kier alpha value is -2.33. The number of imidazole rings is 1. The molecular weight excluding hydrogens is 358 g/mol. The van der Waals surface area contributed by atoms with Crippen molar-refractivity contribution in [1.82, 2.24) is 9.55 Å². The molecule has 1 N–H and O–H groups in total. The van der Waals surface area contributed by atoms with Crippen molar-refractivity contribution in [3.8, 4) is 0 Å². The van der Waals surface area contributed by atoms with Crippen LogP contribution in [0.4, 0.5) is 5.95 Å². The second kappa shape index (κ2) is 7.01. The Morgan fingerprint density at radius 1 is 1.22 bits per heavy atom. The molecule has 5 heteroatoms. The molecule has 1 heterocycles. The largest absolute Gasteiger partial charge is 0.304 e. The van der Waals surface area contributed by atoms with Crippen molar-refractivity contribution in [3.63, 3.8) is 0 Å². The van der Waals surface area contributed by atoms with Gasteiger partial charge in [-0.05, 0) is 74.9 Å². The number of carbonyl (C=O) groups is 1. The van der Waals surface area contributed by atoms with Crippen LogP contribution in [0.1, 0.15) is 43.7 Å². The summed E-state index contributed by atoms with van der Waals surface area (Å²) < 4.78 is 2.24. The fraction of sp³-hybridized carbons (Fsp3) is 0.364. The van der Waals surface area contributed by atoms with Crippen molar-refractivity contribution >= 4 is 34.5 Å². The number of hydrogen-bond donors (Lipinski definition) is 1. The molecule has 140 valence electrons. The van der Waals surface area contributed by atoms with Gasteiger partial charge in [0, 0.05) is 17.0 Å². The fourth-order valence-corrected chi connectivity index (χ4v) is 3.95. The molecule has 0 atom stereocenters. The molecule has 1 saturated carbocycles. The number of carbonyl (C=O) groups excluding carboxylic acids is 1. The molecule has 1 aliphatic carbocycles. The van der Waals surface area contributed by atoms with E-state index in [9.17, 15) is 4.79 Å². The van der Waals surface area contributed by atoms with Crippen LogP contribution >= 0.6 is 11.6 Å². The highest BCUT2D eigenvalue weighted by Gasteiger charge is 2.37. The average Bonchev–Trinajstić information content (AvgIpc) is 2.96. The smallest absolute Gasteiger partial charge is 0.227 e. The number of hydrogen-bond acceptors (Lipinski definition) is 2. The third-order valence-electron chi connectivity index (χ3n) is 5.59.